The number of rotatable bonds is 4. The van der Waals surface area contributed by atoms with Crippen molar-refractivity contribution >= 4 is 17.0 Å². The Morgan fingerprint density at radius 3 is 2.46 bits per heavy atom. The second-order valence-corrected chi connectivity index (χ2v) is 13.2. The van der Waals surface area contributed by atoms with E-state index in [1.54, 1.807) is 27.9 Å². The van der Waals surface area contributed by atoms with E-state index in [4.69, 9.17) is 9.84 Å². The minimum absolute atomic E-state index is 0.111. The number of hydrogen-bond acceptors (Lipinski definition) is 6. The number of halogens is 1. The van der Waals surface area contributed by atoms with Crippen molar-refractivity contribution < 1.29 is 13.9 Å². The largest absolute Gasteiger partial charge is 0.444 e. The summed E-state index contributed by atoms with van der Waals surface area (Å²) in [5.41, 5.74) is 3.84. The van der Waals surface area contributed by atoms with E-state index in [1.165, 1.54) is 21.5 Å². The molecular weight excluding hydrogens is 587 g/mol. The van der Waals surface area contributed by atoms with Gasteiger partial charge in [-0.05, 0) is 89.8 Å². The molecule has 2 aliphatic rings. The van der Waals surface area contributed by atoms with Crippen LogP contribution in [0.4, 0.5) is 9.18 Å². The van der Waals surface area contributed by atoms with Gasteiger partial charge in [-0.1, -0.05) is 0 Å². The summed E-state index contributed by atoms with van der Waals surface area (Å²) in [7, 11) is 0. The van der Waals surface area contributed by atoms with Crippen LogP contribution in [0.25, 0.3) is 28.1 Å². The van der Waals surface area contributed by atoms with Crippen molar-refractivity contribution in [2.45, 2.75) is 78.5 Å². The molecule has 11 nitrogen and oxygen atoms in total. The molecule has 2 aromatic carbocycles. The van der Waals surface area contributed by atoms with Gasteiger partial charge in [-0.15, -0.1) is 0 Å². The number of nitriles is 1. The Balaban J connectivity index is 1.40. The molecule has 236 valence electrons. The number of amides is 1. The van der Waals surface area contributed by atoms with Gasteiger partial charge in [0.1, 0.15) is 11.4 Å². The predicted octanol–water partition coefficient (Wildman–Crippen LogP) is 5.98. The number of aryl methyl sites for hydroxylation is 2. The van der Waals surface area contributed by atoms with E-state index < -0.39 is 29.2 Å². The SMILES string of the molecule is Cc1cc(-n2nc3c(c2-n2ccn(-c4ccc5c(cnn5C5CC5)c4F)c2=O)[C@H](C)N(C(=O)OC(C)(C)C)CC3)cc(C)c1C#N. The summed E-state index contributed by atoms with van der Waals surface area (Å²) in [6.07, 6.45) is 6.67. The topological polar surface area (TPSA) is 116 Å². The van der Waals surface area contributed by atoms with Crippen LogP contribution < -0.4 is 5.69 Å². The molecule has 1 atom stereocenters. The molecule has 1 amide bonds. The van der Waals surface area contributed by atoms with Gasteiger partial charge in [0.05, 0.1) is 57.9 Å². The minimum atomic E-state index is -0.684. The third-order valence-electron chi connectivity index (χ3n) is 8.80. The molecule has 1 fully saturated rings. The van der Waals surface area contributed by atoms with Crippen LogP contribution in [-0.4, -0.2) is 51.8 Å². The van der Waals surface area contributed by atoms with Gasteiger partial charge >= 0.3 is 11.8 Å². The van der Waals surface area contributed by atoms with Crippen molar-refractivity contribution in [3.8, 4) is 23.3 Å². The summed E-state index contributed by atoms with van der Waals surface area (Å²) in [6.45, 7) is 11.5. The zero-order valence-corrected chi connectivity index (χ0v) is 26.7. The first-order chi connectivity index (χ1) is 21.9. The quantitative estimate of drug-likeness (QED) is 0.244. The van der Waals surface area contributed by atoms with Crippen LogP contribution in [0.5, 0.6) is 0 Å². The van der Waals surface area contributed by atoms with Gasteiger partial charge in [0, 0.05) is 30.9 Å². The summed E-state index contributed by atoms with van der Waals surface area (Å²) >= 11 is 0. The number of hydrogen-bond donors (Lipinski definition) is 0. The maximum atomic E-state index is 16.0. The Morgan fingerprint density at radius 1 is 1.11 bits per heavy atom. The Morgan fingerprint density at radius 2 is 1.80 bits per heavy atom. The van der Waals surface area contributed by atoms with Gasteiger partial charge in [-0.2, -0.15) is 15.5 Å². The highest BCUT2D eigenvalue weighted by molar-refractivity contribution is 5.82. The normalized spacial score (nSPS) is 16.5. The molecule has 0 unspecified atom stereocenters. The first-order valence-electron chi connectivity index (χ1n) is 15.5. The molecule has 0 bridgehead atoms. The summed E-state index contributed by atoms with van der Waals surface area (Å²) in [6, 6.07) is 9.18. The van der Waals surface area contributed by atoms with Crippen LogP contribution in [0.3, 0.4) is 0 Å². The Labute approximate surface area is 265 Å². The van der Waals surface area contributed by atoms with Crippen molar-refractivity contribution in [2.24, 2.45) is 0 Å². The molecule has 0 N–H and O–H groups in total. The highest BCUT2D eigenvalue weighted by Crippen LogP contribution is 2.38. The maximum Gasteiger partial charge on any atom is 0.410 e. The molecule has 0 radical (unpaired) electrons. The first kappa shape index (κ1) is 29.5. The van der Waals surface area contributed by atoms with Crippen LogP contribution in [0.1, 0.15) is 80.6 Å². The molecule has 1 aliphatic heterocycles. The number of aromatic nitrogens is 6. The fraction of sp³-hybridized carbons (Fsp3) is 0.382. The molecule has 12 heteroatoms. The van der Waals surface area contributed by atoms with E-state index in [0.29, 0.717) is 46.5 Å². The Bertz CT molecular complexity index is 2130. The molecule has 0 saturated heterocycles. The van der Waals surface area contributed by atoms with Crippen molar-refractivity contribution in [2.75, 3.05) is 6.54 Å². The highest BCUT2D eigenvalue weighted by atomic mass is 19.1. The average molecular weight is 623 g/mol. The van der Waals surface area contributed by atoms with Crippen LogP contribution in [0, 0.1) is 31.0 Å². The van der Waals surface area contributed by atoms with Gasteiger partial charge in [-0.3, -0.25) is 13.8 Å². The molecule has 5 aromatic rings. The van der Waals surface area contributed by atoms with Crippen molar-refractivity contribution in [3.05, 3.63) is 87.1 Å². The molecule has 4 heterocycles. The molecule has 7 rings (SSSR count). The van der Waals surface area contributed by atoms with Gasteiger partial charge in [-0.25, -0.2) is 18.7 Å². The van der Waals surface area contributed by atoms with Crippen LogP contribution >= 0.6 is 0 Å². The lowest BCUT2D eigenvalue weighted by Crippen LogP contribution is -2.42. The predicted molar refractivity (Wildman–Crippen MR) is 169 cm³/mol. The minimum Gasteiger partial charge on any atom is -0.444 e. The van der Waals surface area contributed by atoms with Gasteiger partial charge < -0.3 is 9.64 Å². The number of benzene rings is 2. The fourth-order valence-corrected chi connectivity index (χ4v) is 6.47. The molecule has 0 spiro atoms. The lowest BCUT2D eigenvalue weighted by Gasteiger charge is -2.34. The summed E-state index contributed by atoms with van der Waals surface area (Å²) in [4.78, 5) is 29.2. The molecule has 3 aromatic heterocycles. The van der Waals surface area contributed by atoms with Crippen LogP contribution in [0.15, 0.2) is 47.7 Å². The number of nitrogens with zero attached hydrogens (tertiary/aromatic N) is 8. The second kappa shape index (κ2) is 10.4. The van der Waals surface area contributed by atoms with E-state index in [0.717, 1.165) is 29.7 Å². The van der Waals surface area contributed by atoms with E-state index in [1.807, 2.05) is 58.4 Å². The third kappa shape index (κ3) is 4.69. The van der Waals surface area contributed by atoms with E-state index in [-0.39, 0.29) is 11.7 Å². The smallest absolute Gasteiger partial charge is 0.410 e. The summed E-state index contributed by atoms with van der Waals surface area (Å²) in [5.74, 6) is -0.0892. The standard InChI is InChI=1S/C34H35FN8O3/c1-19-15-23(16-20(2)24(19)17-36)43-31(29-21(3)39(12-11-26(29)38-43)33(45)46-34(4,5)6)41-14-13-40(32(41)44)28-10-9-27-25(30(28)35)18-37-42(27)22-7-8-22/h9-10,13-16,18,21-22H,7-8,11-12H2,1-6H3/t21-/m0/s1. The van der Waals surface area contributed by atoms with E-state index >= 15 is 4.39 Å². The lowest BCUT2D eigenvalue weighted by molar-refractivity contribution is 0.0159. The Kier molecular flexibility index (Phi) is 6.70. The third-order valence-corrected chi connectivity index (χ3v) is 8.80. The summed E-state index contributed by atoms with van der Waals surface area (Å²) < 4.78 is 28.0. The Hall–Kier alpha value is -5.18. The zero-order chi connectivity index (χ0) is 32.7. The fourth-order valence-electron chi connectivity index (χ4n) is 6.47. The van der Waals surface area contributed by atoms with E-state index in [2.05, 4.69) is 11.2 Å². The lowest BCUT2D eigenvalue weighted by atomic mass is 9.99. The van der Waals surface area contributed by atoms with Gasteiger partial charge in [0.15, 0.2) is 5.82 Å². The number of carbonyl (C=O) groups excluding carboxylic acids is 1. The zero-order valence-electron chi connectivity index (χ0n) is 26.7. The molecule has 46 heavy (non-hydrogen) atoms. The van der Waals surface area contributed by atoms with Crippen molar-refractivity contribution in [3.63, 3.8) is 0 Å². The summed E-state index contributed by atoms with van der Waals surface area (Å²) in [5, 5.41) is 19.4. The number of fused-ring (bicyclic) bond motifs is 2. The van der Waals surface area contributed by atoms with Gasteiger partial charge in [0.2, 0.25) is 0 Å². The molecule has 1 saturated carbocycles. The number of imidazole rings is 1. The van der Waals surface area contributed by atoms with Crippen molar-refractivity contribution in [1.82, 2.24) is 33.6 Å². The number of ether oxygens (including phenoxy) is 1. The highest BCUT2D eigenvalue weighted by Gasteiger charge is 2.37. The number of carbonyl (C=O) groups is 1. The molecular formula is C34H35FN8O3. The monoisotopic (exact) mass is 622 g/mol. The van der Waals surface area contributed by atoms with Crippen LogP contribution in [-0.2, 0) is 11.2 Å². The maximum absolute atomic E-state index is 16.0. The van der Waals surface area contributed by atoms with Gasteiger partial charge in [0.25, 0.3) is 0 Å². The first-order valence-corrected chi connectivity index (χ1v) is 15.5. The second-order valence-electron chi connectivity index (χ2n) is 13.2. The molecule has 1 aliphatic carbocycles. The van der Waals surface area contributed by atoms with Crippen molar-refractivity contribution in [1.29, 1.82) is 5.26 Å². The van der Waals surface area contributed by atoms with Crippen LogP contribution in [0.2, 0.25) is 0 Å². The van der Waals surface area contributed by atoms with E-state index in [9.17, 15) is 14.9 Å². The average Bonchev–Trinajstić information content (AvgIpc) is 3.44.